The number of hydrogen-bond acceptors (Lipinski definition) is 3. The van der Waals surface area contributed by atoms with E-state index in [9.17, 15) is 18.0 Å². The smallest absolute Gasteiger partial charge is 0.417 e. The van der Waals surface area contributed by atoms with Crippen LogP contribution in [-0.2, 0) is 14.3 Å². The molecule has 0 saturated carbocycles. The van der Waals surface area contributed by atoms with Crippen LogP contribution in [0, 0.1) is 0 Å². The Morgan fingerprint density at radius 3 is 1.94 bits per heavy atom. The fourth-order valence-corrected chi connectivity index (χ4v) is 0.948. The standard InChI is InChI=1S/C10H11F3O2.C2H4O/c1-4-6-8(10(11,12)13)7(5-2)9(14)15-3;1-2-3/h4-6H,1H2,2-3H3;2H,1H3/b7-5+,8-6+;. The van der Waals surface area contributed by atoms with Gasteiger partial charge in [0.1, 0.15) is 6.29 Å². The molecule has 3 nitrogen and oxygen atoms in total. The summed E-state index contributed by atoms with van der Waals surface area (Å²) >= 11 is 0. The largest absolute Gasteiger partial charge is 0.465 e. The van der Waals surface area contributed by atoms with Gasteiger partial charge in [0.05, 0.1) is 18.3 Å². The lowest BCUT2D eigenvalue weighted by Gasteiger charge is -2.12. The van der Waals surface area contributed by atoms with Gasteiger partial charge in [0.15, 0.2) is 0 Å². The van der Waals surface area contributed by atoms with Crippen LogP contribution in [-0.4, -0.2) is 25.5 Å². The van der Waals surface area contributed by atoms with E-state index in [-0.39, 0.29) is 0 Å². The molecule has 0 heterocycles. The summed E-state index contributed by atoms with van der Waals surface area (Å²) in [5.41, 5.74) is -1.59. The minimum absolute atomic E-state index is 0.523. The Balaban J connectivity index is 0. The second-order valence-corrected chi connectivity index (χ2v) is 2.74. The molecule has 0 aliphatic carbocycles. The van der Waals surface area contributed by atoms with E-state index >= 15 is 0 Å². The van der Waals surface area contributed by atoms with E-state index in [0.29, 0.717) is 0 Å². The second kappa shape index (κ2) is 9.21. The summed E-state index contributed by atoms with van der Waals surface area (Å²) in [5, 5.41) is 0. The zero-order chi connectivity index (χ0) is 14.8. The van der Waals surface area contributed by atoms with Crippen LogP contribution in [0.15, 0.2) is 36.0 Å². The van der Waals surface area contributed by atoms with Gasteiger partial charge in [0.25, 0.3) is 0 Å². The highest BCUT2D eigenvalue weighted by Crippen LogP contribution is 2.31. The summed E-state index contributed by atoms with van der Waals surface area (Å²) in [6, 6.07) is 0. The molecule has 0 saturated heterocycles. The highest BCUT2D eigenvalue weighted by atomic mass is 19.4. The summed E-state index contributed by atoms with van der Waals surface area (Å²) in [6.07, 6.45) is -1.11. The molecule has 0 aromatic heterocycles. The van der Waals surface area contributed by atoms with Crippen LogP contribution in [0.4, 0.5) is 13.2 Å². The first-order chi connectivity index (χ1) is 8.29. The Morgan fingerprint density at radius 1 is 1.28 bits per heavy atom. The fraction of sp³-hybridized carbons (Fsp3) is 0.333. The Kier molecular flexibility index (Phi) is 9.47. The first-order valence-corrected chi connectivity index (χ1v) is 4.84. The molecule has 0 N–H and O–H groups in total. The number of allylic oxidation sites excluding steroid dienone is 3. The number of rotatable bonds is 3. The Labute approximate surface area is 104 Å². The normalized spacial score (nSPS) is 12.1. The molecule has 0 aliphatic rings. The van der Waals surface area contributed by atoms with Gasteiger partial charge in [-0.2, -0.15) is 13.2 Å². The van der Waals surface area contributed by atoms with E-state index in [0.717, 1.165) is 31.6 Å². The molecule has 0 rings (SSSR count). The van der Waals surface area contributed by atoms with Crippen LogP contribution in [0.2, 0.25) is 0 Å². The predicted molar refractivity (Wildman–Crippen MR) is 61.8 cm³/mol. The summed E-state index contributed by atoms with van der Waals surface area (Å²) in [5.74, 6) is -1.03. The van der Waals surface area contributed by atoms with Crippen molar-refractivity contribution in [1.29, 1.82) is 0 Å². The number of methoxy groups -OCH3 is 1. The molecule has 0 atom stereocenters. The second-order valence-electron chi connectivity index (χ2n) is 2.74. The highest BCUT2D eigenvalue weighted by molar-refractivity contribution is 5.93. The quantitative estimate of drug-likeness (QED) is 0.340. The zero-order valence-electron chi connectivity index (χ0n) is 10.4. The van der Waals surface area contributed by atoms with Crippen molar-refractivity contribution in [3.8, 4) is 0 Å². The molecule has 0 amide bonds. The average Bonchev–Trinajstić information content (AvgIpc) is 2.28. The SMILES string of the molecule is C=C/C=C(\C(=C/C)C(=O)OC)C(F)(F)F.CC=O. The Hall–Kier alpha value is -1.85. The van der Waals surface area contributed by atoms with Crippen molar-refractivity contribution in [1.82, 2.24) is 0 Å². The highest BCUT2D eigenvalue weighted by Gasteiger charge is 2.37. The lowest BCUT2D eigenvalue weighted by molar-refractivity contribution is -0.137. The molecule has 0 radical (unpaired) electrons. The van der Waals surface area contributed by atoms with E-state index in [1.807, 2.05) is 0 Å². The molecule has 0 unspecified atom stereocenters. The van der Waals surface area contributed by atoms with Gasteiger partial charge in [-0.05, 0) is 19.9 Å². The lowest BCUT2D eigenvalue weighted by atomic mass is 10.1. The van der Waals surface area contributed by atoms with Crippen LogP contribution in [0.5, 0.6) is 0 Å². The Bertz CT molecular complexity index is 352. The van der Waals surface area contributed by atoms with Crippen molar-refractivity contribution in [2.24, 2.45) is 0 Å². The van der Waals surface area contributed by atoms with Crippen molar-refractivity contribution in [2.45, 2.75) is 20.0 Å². The van der Waals surface area contributed by atoms with Crippen molar-refractivity contribution < 1.29 is 27.5 Å². The minimum atomic E-state index is -4.61. The predicted octanol–water partition coefficient (Wildman–Crippen LogP) is 2.99. The molecule has 0 aliphatic heterocycles. The molecule has 0 aromatic rings. The van der Waals surface area contributed by atoms with Gasteiger partial charge in [0, 0.05) is 0 Å². The summed E-state index contributed by atoms with van der Waals surface area (Å²) in [4.78, 5) is 19.8. The Morgan fingerprint density at radius 2 is 1.72 bits per heavy atom. The zero-order valence-corrected chi connectivity index (χ0v) is 10.4. The van der Waals surface area contributed by atoms with Crippen LogP contribution < -0.4 is 0 Å². The van der Waals surface area contributed by atoms with Gasteiger partial charge in [-0.15, -0.1) is 0 Å². The molecular formula is C12H15F3O3. The van der Waals surface area contributed by atoms with Crippen molar-refractivity contribution in [3.05, 3.63) is 36.0 Å². The summed E-state index contributed by atoms with van der Waals surface area (Å²) in [7, 11) is 1.02. The number of carbonyl (C=O) groups excluding carboxylic acids is 2. The number of esters is 1. The maximum Gasteiger partial charge on any atom is 0.417 e. The molecule has 0 spiro atoms. The monoisotopic (exact) mass is 264 g/mol. The van der Waals surface area contributed by atoms with Crippen molar-refractivity contribution in [3.63, 3.8) is 0 Å². The molecule has 0 fully saturated rings. The lowest BCUT2D eigenvalue weighted by Crippen LogP contribution is -2.19. The van der Waals surface area contributed by atoms with E-state index in [1.54, 1.807) is 0 Å². The van der Waals surface area contributed by atoms with Gasteiger partial charge in [-0.1, -0.05) is 18.7 Å². The topological polar surface area (TPSA) is 43.4 Å². The molecule has 18 heavy (non-hydrogen) atoms. The maximum atomic E-state index is 12.5. The van der Waals surface area contributed by atoms with Crippen LogP contribution in [0.1, 0.15) is 13.8 Å². The number of hydrogen-bond donors (Lipinski definition) is 0. The number of halogens is 3. The molecular weight excluding hydrogens is 249 g/mol. The van der Waals surface area contributed by atoms with Gasteiger partial charge in [-0.3, -0.25) is 0 Å². The fourth-order valence-electron chi connectivity index (χ4n) is 0.948. The third-order valence-corrected chi connectivity index (χ3v) is 1.57. The number of aldehydes is 1. The van der Waals surface area contributed by atoms with E-state index in [4.69, 9.17) is 4.79 Å². The summed E-state index contributed by atoms with van der Waals surface area (Å²) in [6.45, 7) is 5.93. The maximum absolute atomic E-state index is 12.5. The number of alkyl halides is 3. The van der Waals surface area contributed by atoms with Gasteiger partial charge < -0.3 is 9.53 Å². The van der Waals surface area contributed by atoms with Crippen LogP contribution in [0.3, 0.4) is 0 Å². The molecule has 6 heteroatoms. The molecule has 0 aromatic carbocycles. The average molecular weight is 264 g/mol. The van der Waals surface area contributed by atoms with Gasteiger partial charge in [-0.25, -0.2) is 4.79 Å². The van der Waals surface area contributed by atoms with E-state index in [2.05, 4.69) is 11.3 Å². The van der Waals surface area contributed by atoms with Crippen LogP contribution >= 0.6 is 0 Å². The van der Waals surface area contributed by atoms with Crippen molar-refractivity contribution >= 4 is 12.3 Å². The first kappa shape index (κ1) is 18.5. The third kappa shape index (κ3) is 6.67. The first-order valence-electron chi connectivity index (χ1n) is 4.84. The van der Waals surface area contributed by atoms with E-state index in [1.165, 1.54) is 13.8 Å². The van der Waals surface area contributed by atoms with Crippen LogP contribution in [0.25, 0.3) is 0 Å². The summed E-state index contributed by atoms with van der Waals surface area (Å²) < 4.78 is 41.7. The van der Waals surface area contributed by atoms with Gasteiger partial charge in [0.2, 0.25) is 0 Å². The molecule has 102 valence electrons. The molecule has 0 bridgehead atoms. The van der Waals surface area contributed by atoms with Gasteiger partial charge >= 0.3 is 12.1 Å². The third-order valence-electron chi connectivity index (χ3n) is 1.57. The van der Waals surface area contributed by atoms with E-state index < -0.39 is 23.3 Å². The minimum Gasteiger partial charge on any atom is -0.465 e. The number of ether oxygens (including phenoxy) is 1. The van der Waals surface area contributed by atoms with Crippen molar-refractivity contribution in [2.75, 3.05) is 7.11 Å². The number of carbonyl (C=O) groups is 2.